The predicted molar refractivity (Wildman–Crippen MR) is 104 cm³/mol. The summed E-state index contributed by atoms with van der Waals surface area (Å²) in [6.07, 6.45) is -3.64. The van der Waals surface area contributed by atoms with Gasteiger partial charge < -0.3 is 0 Å². The van der Waals surface area contributed by atoms with Gasteiger partial charge in [0.1, 0.15) is 0 Å². The summed E-state index contributed by atoms with van der Waals surface area (Å²) < 4.78 is 65.0. The largest absolute Gasteiger partial charge is 0.416 e. The molecule has 3 rings (SSSR count). The predicted octanol–water partition coefficient (Wildman–Crippen LogP) is 3.78. The second-order valence-corrected chi connectivity index (χ2v) is 9.02. The molecule has 0 aliphatic rings. The molecule has 0 radical (unpaired) electrons. The Morgan fingerprint density at radius 3 is 2.53 bits per heavy atom. The maximum Gasteiger partial charge on any atom is 0.416 e. The van der Waals surface area contributed by atoms with Gasteiger partial charge in [-0.2, -0.15) is 18.4 Å². The summed E-state index contributed by atoms with van der Waals surface area (Å²) in [5, 5.41) is 8.43. The van der Waals surface area contributed by atoms with Gasteiger partial charge in [-0.1, -0.05) is 18.5 Å². The van der Waals surface area contributed by atoms with E-state index < -0.39 is 27.1 Å². The fourth-order valence-electron chi connectivity index (χ4n) is 2.92. The molecule has 0 saturated heterocycles. The minimum absolute atomic E-state index is 0.0712. The zero-order chi connectivity index (χ0) is 22.3. The number of alkyl halides is 3. The van der Waals surface area contributed by atoms with E-state index in [1.807, 2.05) is 6.07 Å². The Labute approximate surface area is 174 Å². The van der Waals surface area contributed by atoms with Crippen LogP contribution in [-0.4, -0.2) is 23.7 Å². The van der Waals surface area contributed by atoms with Crippen LogP contribution in [0.2, 0.25) is 5.02 Å². The molecule has 2 aromatic carbocycles. The summed E-state index contributed by atoms with van der Waals surface area (Å²) in [5.74, 6) is -0.207. The molecule has 0 N–H and O–H groups in total. The number of aromatic nitrogens is 2. The van der Waals surface area contributed by atoms with E-state index in [2.05, 4.69) is 4.98 Å². The topological polar surface area (TPSA) is 92.8 Å². The van der Waals surface area contributed by atoms with Gasteiger partial charge in [-0.15, -0.1) is 0 Å². The van der Waals surface area contributed by atoms with Gasteiger partial charge in [0.2, 0.25) is 0 Å². The van der Waals surface area contributed by atoms with Gasteiger partial charge in [-0.3, -0.25) is 9.36 Å². The van der Waals surface area contributed by atoms with Crippen LogP contribution in [0.25, 0.3) is 10.9 Å². The minimum atomic E-state index is -4.71. The first kappa shape index (κ1) is 21.8. The van der Waals surface area contributed by atoms with Gasteiger partial charge in [-0.05, 0) is 35.9 Å². The average Bonchev–Trinajstić information content (AvgIpc) is 2.69. The first-order chi connectivity index (χ1) is 14.0. The number of nitriles is 1. The number of nitrogens with zero attached hydrogens (tertiary/aromatic N) is 3. The fourth-order valence-corrected chi connectivity index (χ4v) is 4.30. The van der Waals surface area contributed by atoms with Gasteiger partial charge in [0.05, 0.1) is 56.6 Å². The number of sulfone groups is 1. The minimum Gasteiger partial charge on any atom is -0.294 e. The Morgan fingerprint density at radius 1 is 1.23 bits per heavy atom. The molecule has 1 aromatic heterocycles. The highest BCUT2D eigenvalue weighted by Gasteiger charge is 2.32. The zero-order valence-corrected chi connectivity index (χ0v) is 16.9. The molecule has 0 spiro atoms. The maximum absolute atomic E-state index is 13.1. The van der Waals surface area contributed by atoms with Crippen LogP contribution in [-0.2, 0) is 22.6 Å². The average molecular weight is 456 g/mol. The molecule has 0 aliphatic heterocycles. The van der Waals surface area contributed by atoms with Crippen molar-refractivity contribution >= 4 is 32.3 Å². The highest BCUT2D eigenvalue weighted by molar-refractivity contribution is 7.91. The highest BCUT2D eigenvalue weighted by Crippen LogP contribution is 2.33. The Balaban J connectivity index is 2.21. The van der Waals surface area contributed by atoms with Crippen LogP contribution in [0.4, 0.5) is 13.2 Å². The number of halogens is 4. The molecular formula is C19H13ClF3N3O3S. The lowest BCUT2D eigenvalue weighted by molar-refractivity contribution is -0.137. The Bertz CT molecular complexity index is 1360. The molecule has 0 bridgehead atoms. The van der Waals surface area contributed by atoms with E-state index in [1.165, 1.54) is 25.1 Å². The lowest BCUT2D eigenvalue weighted by Crippen LogP contribution is -2.23. The molecule has 0 aliphatic carbocycles. The Morgan fingerprint density at radius 2 is 1.93 bits per heavy atom. The van der Waals surface area contributed by atoms with Crippen molar-refractivity contribution in [3.05, 3.63) is 68.7 Å². The lowest BCUT2D eigenvalue weighted by Gasteiger charge is -2.13. The van der Waals surface area contributed by atoms with Crippen molar-refractivity contribution in [3.8, 4) is 6.07 Å². The first-order valence-corrected chi connectivity index (χ1v) is 10.5. The van der Waals surface area contributed by atoms with Crippen molar-refractivity contribution in [3.63, 3.8) is 0 Å². The molecule has 11 heteroatoms. The van der Waals surface area contributed by atoms with Crippen molar-refractivity contribution < 1.29 is 21.6 Å². The van der Waals surface area contributed by atoms with Crippen LogP contribution in [0, 0.1) is 11.3 Å². The number of fused-ring (bicyclic) bond motifs is 1. The smallest absolute Gasteiger partial charge is 0.294 e. The van der Waals surface area contributed by atoms with E-state index in [-0.39, 0.29) is 44.2 Å². The van der Waals surface area contributed by atoms with E-state index in [1.54, 1.807) is 0 Å². The molecule has 30 heavy (non-hydrogen) atoms. The van der Waals surface area contributed by atoms with E-state index in [0.717, 1.165) is 10.9 Å². The van der Waals surface area contributed by atoms with Crippen LogP contribution in [0.3, 0.4) is 0 Å². The summed E-state index contributed by atoms with van der Waals surface area (Å²) >= 11 is 5.87. The molecule has 156 valence electrons. The zero-order valence-electron chi connectivity index (χ0n) is 15.4. The van der Waals surface area contributed by atoms with Crippen LogP contribution in [0.5, 0.6) is 0 Å². The van der Waals surface area contributed by atoms with Crippen LogP contribution in [0.15, 0.2) is 46.3 Å². The fraction of sp³-hybridized carbons (Fsp3) is 0.211. The van der Waals surface area contributed by atoms with Crippen molar-refractivity contribution in [2.75, 3.05) is 5.75 Å². The first-order valence-electron chi connectivity index (χ1n) is 8.49. The van der Waals surface area contributed by atoms with E-state index in [0.29, 0.717) is 12.1 Å². The molecule has 1 heterocycles. The second kappa shape index (κ2) is 7.74. The van der Waals surface area contributed by atoms with Gasteiger partial charge in [0.15, 0.2) is 9.84 Å². The van der Waals surface area contributed by atoms with Crippen molar-refractivity contribution in [2.24, 2.45) is 0 Å². The van der Waals surface area contributed by atoms with Gasteiger partial charge in [0, 0.05) is 0 Å². The maximum atomic E-state index is 13.1. The van der Waals surface area contributed by atoms with Gasteiger partial charge in [0.25, 0.3) is 5.56 Å². The Kier molecular flexibility index (Phi) is 5.62. The third kappa shape index (κ3) is 4.04. The number of benzene rings is 2. The normalized spacial score (nSPS) is 12.1. The Hall–Kier alpha value is -2.90. The third-order valence-corrected chi connectivity index (χ3v) is 6.57. The monoisotopic (exact) mass is 455 g/mol. The lowest BCUT2D eigenvalue weighted by atomic mass is 10.1. The summed E-state index contributed by atoms with van der Waals surface area (Å²) in [4.78, 5) is 16.7. The molecule has 3 aromatic rings. The van der Waals surface area contributed by atoms with Gasteiger partial charge in [-0.25, -0.2) is 13.4 Å². The van der Waals surface area contributed by atoms with E-state index >= 15 is 0 Å². The highest BCUT2D eigenvalue weighted by atomic mass is 35.5. The molecule has 0 amide bonds. The summed E-state index contributed by atoms with van der Waals surface area (Å²) in [6, 6.07) is 7.15. The van der Waals surface area contributed by atoms with Crippen LogP contribution in [0.1, 0.15) is 23.6 Å². The molecule has 0 fully saturated rings. The standard InChI is InChI=1S/C19H13ClF3N3O3S/c1-2-30(28,29)16-4-3-11(8-24)5-12(16)9-26-10-25-17-14(18(26)27)6-13(7-15(17)20)19(21,22)23/h3-7,10H,2,9H2,1H3. The van der Waals surface area contributed by atoms with Crippen molar-refractivity contribution in [2.45, 2.75) is 24.5 Å². The quantitative estimate of drug-likeness (QED) is 0.597. The van der Waals surface area contributed by atoms with Crippen LogP contribution >= 0.6 is 11.6 Å². The molecular weight excluding hydrogens is 443 g/mol. The SMILES string of the molecule is CCS(=O)(=O)c1ccc(C#N)cc1Cn1cnc2c(Cl)cc(C(F)(F)F)cc2c1=O. The summed E-state index contributed by atoms with van der Waals surface area (Å²) in [5.41, 5.74) is -1.70. The van der Waals surface area contributed by atoms with E-state index in [9.17, 15) is 26.4 Å². The molecule has 0 atom stereocenters. The summed E-state index contributed by atoms with van der Waals surface area (Å²) in [6.45, 7) is 1.14. The van der Waals surface area contributed by atoms with Crippen LogP contribution < -0.4 is 5.56 Å². The molecule has 6 nitrogen and oxygen atoms in total. The number of rotatable bonds is 4. The van der Waals surface area contributed by atoms with Crippen molar-refractivity contribution in [1.29, 1.82) is 5.26 Å². The molecule has 0 unspecified atom stereocenters. The number of hydrogen-bond acceptors (Lipinski definition) is 5. The second-order valence-electron chi connectivity index (χ2n) is 6.37. The number of hydrogen-bond donors (Lipinski definition) is 0. The summed E-state index contributed by atoms with van der Waals surface area (Å²) in [7, 11) is -3.68. The van der Waals surface area contributed by atoms with E-state index in [4.69, 9.17) is 16.9 Å². The third-order valence-electron chi connectivity index (χ3n) is 4.45. The molecule has 0 saturated carbocycles. The van der Waals surface area contributed by atoms with Crippen molar-refractivity contribution in [1.82, 2.24) is 9.55 Å². The van der Waals surface area contributed by atoms with Gasteiger partial charge >= 0.3 is 6.18 Å².